The smallest absolute Gasteiger partial charge is 0.234 e. The number of amidine groups is 1. The molecule has 0 spiro atoms. The minimum Gasteiger partial charge on any atom is -0.265 e. The zero-order valence-corrected chi connectivity index (χ0v) is 19.1. The van der Waals surface area contributed by atoms with E-state index >= 15 is 0 Å². The van der Waals surface area contributed by atoms with Gasteiger partial charge < -0.3 is 0 Å². The Morgan fingerprint density at radius 3 is 2.00 bits per heavy atom. The van der Waals surface area contributed by atoms with Gasteiger partial charge in [0.1, 0.15) is 0 Å². The molecule has 4 rings (SSSR count). The van der Waals surface area contributed by atoms with Crippen LogP contribution in [0.4, 0.5) is 0 Å². The van der Waals surface area contributed by atoms with Crippen LogP contribution in [0.3, 0.4) is 0 Å². The van der Waals surface area contributed by atoms with Crippen LogP contribution in [0.5, 0.6) is 0 Å². The van der Waals surface area contributed by atoms with E-state index in [1.54, 1.807) is 0 Å². The lowest BCUT2D eigenvalue weighted by Gasteiger charge is -2.42. The Kier molecular flexibility index (Phi) is 6.27. The first-order valence-corrected chi connectivity index (χ1v) is 11.5. The Balaban J connectivity index is 2.08. The number of aryl methyl sites for hydroxylation is 1. The third kappa shape index (κ3) is 3.55. The molecule has 1 aliphatic carbocycles. The third-order valence-electron chi connectivity index (χ3n) is 6.91. The Labute approximate surface area is 200 Å². The second-order valence-electron chi connectivity index (χ2n) is 8.96. The number of aliphatic imine (C=N–C) groups is 2. The largest absolute Gasteiger partial charge is 0.265 e. The highest BCUT2D eigenvalue weighted by Gasteiger charge is 2.66. The number of rotatable bonds is 3. The molecule has 0 N–H and O–H groups in total. The maximum Gasteiger partial charge on any atom is 0.234 e. The van der Waals surface area contributed by atoms with Crippen molar-refractivity contribution in [1.29, 1.82) is 21.0 Å². The van der Waals surface area contributed by atoms with E-state index in [1.807, 2.05) is 73.7 Å². The van der Waals surface area contributed by atoms with E-state index in [0.717, 1.165) is 43.2 Å². The molecule has 0 radical (unpaired) electrons. The van der Waals surface area contributed by atoms with Crippen LogP contribution in [0.2, 0.25) is 0 Å². The summed E-state index contributed by atoms with van der Waals surface area (Å²) < 4.78 is 0. The molecule has 1 fully saturated rings. The molecule has 0 bridgehead atoms. The first-order valence-electron chi connectivity index (χ1n) is 11.5. The van der Waals surface area contributed by atoms with Crippen LogP contribution in [0.1, 0.15) is 54.7 Å². The lowest BCUT2D eigenvalue weighted by Crippen LogP contribution is -2.54. The maximum absolute atomic E-state index is 10.5. The molecular weight excluding hydrogens is 420 g/mol. The number of hydrogen-bond donors (Lipinski definition) is 0. The van der Waals surface area contributed by atoms with E-state index in [0.29, 0.717) is 11.3 Å². The van der Waals surface area contributed by atoms with Crippen molar-refractivity contribution in [1.82, 2.24) is 0 Å². The predicted octanol–water partition coefficient (Wildman–Crippen LogP) is 5.38. The average Bonchev–Trinajstić information content (AvgIpc) is 2.89. The number of nitrogens with zero attached hydrogens (tertiary/aromatic N) is 6. The first-order chi connectivity index (χ1) is 16.5. The fraction of sp³-hybridized carbons (Fsp3) is 0.357. The molecule has 6 heteroatoms. The van der Waals surface area contributed by atoms with Gasteiger partial charge in [-0.05, 0) is 30.9 Å². The second-order valence-corrected chi connectivity index (χ2v) is 8.96. The third-order valence-corrected chi connectivity index (χ3v) is 6.91. The van der Waals surface area contributed by atoms with E-state index < -0.39 is 16.7 Å². The molecule has 2 aromatic carbocycles. The first kappa shape index (κ1) is 22.9. The lowest BCUT2D eigenvalue weighted by molar-refractivity contribution is 0.350. The highest BCUT2D eigenvalue weighted by molar-refractivity contribution is 6.17. The molecule has 1 heterocycles. The molecule has 1 aliphatic heterocycles. The van der Waals surface area contributed by atoms with Gasteiger partial charge in [0.15, 0.2) is 11.3 Å². The summed E-state index contributed by atoms with van der Waals surface area (Å²) in [7, 11) is 0. The van der Waals surface area contributed by atoms with Crippen molar-refractivity contribution in [3.8, 4) is 24.3 Å². The number of hydrogen-bond acceptors (Lipinski definition) is 5. The number of nitriles is 4. The molecule has 6 nitrogen and oxygen atoms in total. The molecule has 166 valence electrons. The van der Waals surface area contributed by atoms with Crippen LogP contribution >= 0.6 is 0 Å². The standard InChI is InChI=1S/C28H24N6/c1-20-12-14-21(15-13-20)24-25(22-8-4-2-5-9-22)34-26(33-23-10-6-3-7-11-23)28(18-31,19-32)27(24,16-29)17-30/h2,4-5,8-9,12-15,23-24H,3,6-7,10-11H2,1H3. The van der Waals surface area contributed by atoms with E-state index in [1.165, 1.54) is 0 Å². The molecule has 1 unspecified atom stereocenters. The molecule has 2 aliphatic rings. The topological polar surface area (TPSA) is 120 Å². The summed E-state index contributed by atoms with van der Waals surface area (Å²) in [5.74, 6) is -0.926. The van der Waals surface area contributed by atoms with Crippen molar-refractivity contribution in [2.45, 2.75) is 51.0 Å². The summed E-state index contributed by atoms with van der Waals surface area (Å²) in [4.78, 5) is 9.61. The van der Waals surface area contributed by atoms with Crippen LogP contribution in [0, 0.1) is 63.1 Å². The minimum absolute atomic E-state index is 0.0188. The molecule has 0 aromatic heterocycles. The zero-order valence-electron chi connectivity index (χ0n) is 19.1. The average molecular weight is 445 g/mol. The summed E-state index contributed by atoms with van der Waals surface area (Å²) in [6.07, 6.45) is 4.81. The van der Waals surface area contributed by atoms with E-state index in [4.69, 9.17) is 9.98 Å². The van der Waals surface area contributed by atoms with Gasteiger partial charge in [-0.3, -0.25) is 4.99 Å². The quantitative estimate of drug-likeness (QED) is 0.631. The summed E-state index contributed by atoms with van der Waals surface area (Å²) in [6, 6.07) is 25.0. The molecule has 1 atom stereocenters. The monoisotopic (exact) mass is 444 g/mol. The second kappa shape index (κ2) is 9.31. The summed E-state index contributed by atoms with van der Waals surface area (Å²) in [5.41, 5.74) is -1.29. The van der Waals surface area contributed by atoms with Crippen molar-refractivity contribution in [2.75, 3.05) is 0 Å². The minimum atomic E-state index is -2.12. The highest BCUT2D eigenvalue weighted by Crippen LogP contribution is 2.54. The van der Waals surface area contributed by atoms with Gasteiger partial charge in [-0.25, -0.2) is 4.99 Å². The van der Waals surface area contributed by atoms with Gasteiger partial charge >= 0.3 is 0 Å². The SMILES string of the molecule is Cc1ccc(C2C(c3ccccc3)=NC(=NC3CCCCC3)C(C#N)(C#N)C2(C#N)C#N)cc1. The van der Waals surface area contributed by atoms with Crippen LogP contribution < -0.4 is 0 Å². The Bertz CT molecular complexity index is 1260. The Morgan fingerprint density at radius 1 is 0.824 bits per heavy atom. The van der Waals surface area contributed by atoms with E-state index in [2.05, 4.69) is 12.1 Å². The van der Waals surface area contributed by atoms with Gasteiger partial charge in [0.05, 0.1) is 41.9 Å². The van der Waals surface area contributed by atoms with E-state index in [9.17, 15) is 21.0 Å². The van der Waals surface area contributed by atoms with Crippen molar-refractivity contribution in [3.05, 3.63) is 71.3 Å². The Hall–Kier alpha value is -4.26. The predicted molar refractivity (Wildman–Crippen MR) is 129 cm³/mol. The van der Waals surface area contributed by atoms with Crippen molar-refractivity contribution < 1.29 is 0 Å². The van der Waals surface area contributed by atoms with Gasteiger partial charge in [-0.2, -0.15) is 21.0 Å². The zero-order chi connectivity index (χ0) is 24.2. The molecule has 0 amide bonds. The van der Waals surface area contributed by atoms with E-state index in [-0.39, 0.29) is 11.9 Å². The van der Waals surface area contributed by atoms with Gasteiger partial charge in [0.25, 0.3) is 0 Å². The van der Waals surface area contributed by atoms with Crippen LogP contribution in [-0.4, -0.2) is 17.6 Å². The highest BCUT2D eigenvalue weighted by atomic mass is 15.0. The maximum atomic E-state index is 10.5. The van der Waals surface area contributed by atoms with Crippen LogP contribution in [-0.2, 0) is 0 Å². The normalized spacial score (nSPS) is 22.4. The molecule has 0 saturated heterocycles. The van der Waals surface area contributed by atoms with Crippen LogP contribution in [0.15, 0.2) is 64.6 Å². The Morgan fingerprint density at radius 2 is 1.44 bits per heavy atom. The van der Waals surface area contributed by atoms with Gasteiger partial charge in [-0.15, -0.1) is 0 Å². The lowest BCUT2D eigenvalue weighted by atomic mass is 9.54. The molecule has 1 saturated carbocycles. The molecular formula is C28H24N6. The van der Waals surface area contributed by atoms with Gasteiger partial charge in [0, 0.05) is 0 Å². The van der Waals surface area contributed by atoms with Crippen molar-refractivity contribution in [3.63, 3.8) is 0 Å². The van der Waals surface area contributed by atoms with Crippen LogP contribution in [0.25, 0.3) is 0 Å². The van der Waals surface area contributed by atoms with Gasteiger partial charge in [0.2, 0.25) is 5.41 Å². The number of benzene rings is 2. The van der Waals surface area contributed by atoms with Gasteiger partial charge in [-0.1, -0.05) is 79.4 Å². The van der Waals surface area contributed by atoms with Crippen molar-refractivity contribution >= 4 is 11.5 Å². The molecule has 34 heavy (non-hydrogen) atoms. The molecule has 2 aromatic rings. The fourth-order valence-corrected chi connectivity index (χ4v) is 5.00. The fourth-order valence-electron chi connectivity index (χ4n) is 5.00. The summed E-state index contributed by atoms with van der Waals surface area (Å²) in [5, 5.41) is 41.8. The van der Waals surface area contributed by atoms with Crippen molar-refractivity contribution in [2.24, 2.45) is 20.8 Å². The summed E-state index contributed by atoms with van der Waals surface area (Å²) in [6.45, 7) is 1.95. The summed E-state index contributed by atoms with van der Waals surface area (Å²) >= 11 is 0.